The maximum Gasteiger partial charge on any atom is 0.234 e. The van der Waals surface area contributed by atoms with Crippen LogP contribution in [-0.4, -0.2) is 47.7 Å². The minimum Gasteiger partial charge on any atom is -0.497 e. The van der Waals surface area contributed by atoms with Gasteiger partial charge in [0, 0.05) is 13.0 Å². The summed E-state index contributed by atoms with van der Waals surface area (Å²) in [6, 6.07) is 5.63. The van der Waals surface area contributed by atoms with Crippen molar-refractivity contribution in [3.63, 3.8) is 0 Å². The van der Waals surface area contributed by atoms with Crippen LogP contribution < -0.4 is 20.1 Å². The average Bonchev–Trinajstić information content (AvgIpc) is 2.65. The van der Waals surface area contributed by atoms with Gasteiger partial charge >= 0.3 is 0 Å². The molecule has 0 saturated heterocycles. The summed E-state index contributed by atoms with van der Waals surface area (Å²) >= 11 is 0. The largest absolute Gasteiger partial charge is 0.497 e. The van der Waals surface area contributed by atoms with E-state index in [1.54, 1.807) is 21.1 Å². The van der Waals surface area contributed by atoms with Gasteiger partial charge in [0.2, 0.25) is 17.8 Å². The number of rotatable bonds is 10. The Bertz CT molecular complexity index is 778. The van der Waals surface area contributed by atoms with Crippen LogP contribution in [0.15, 0.2) is 18.2 Å². The highest BCUT2D eigenvalue weighted by molar-refractivity contribution is 5.86. The quantitative estimate of drug-likeness (QED) is 0.638. The SMILES string of the molecule is CCC(COCc1cc(OC)cc(OC)c1)Nc1nc(C)nc(NC(C)=O)n1. The molecule has 0 aliphatic heterocycles. The molecule has 2 rings (SSSR count). The minimum absolute atomic E-state index is 0.000480. The summed E-state index contributed by atoms with van der Waals surface area (Å²) in [5.41, 5.74) is 0.954. The molecule has 9 heteroatoms. The molecule has 152 valence electrons. The van der Waals surface area contributed by atoms with Gasteiger partial charge in [0.25, 0.3) is 0 Å². The van der Waals surface area contributed by atoms with E-state index in [9.17, 15) is 4.79 Å². The van der Waals surface area contributed by atoms with Crippen LogP contribution in [0.5, 0.6) is 11.5 Å². The van der Waals surface area contributed by atoms with Gasteiger partial charge in [0.1, 0.15) is 17.3 Å². The molecule has 0 aliphatic rings. The van der Waals surface area contributed by atoms with E-state index in [-0.39, 0.29) is 17.9 Å². The Kier molecular flexibility index (Phi) is 7.94. The first-order valence-electron chi connectivity index (χ1n) is 9.00. The van der Waals surface area contributed by atoms with Crippen molar-refractivity contribution >= 4 is 17.8 Å². The van der Waals surface area contributed by atoms with E-state index in [0.717, 1.165) is 12.0 Å². The van der Waals surface area contributed by atoms with Crippen molar-refractivity contribution in [2.24, 2.45) is 0 Å². The van der Waals surface area contributed by atoms with E-state index in [4.69, 9.17) is 14.2 Å². The number of anilines is 2. The molecule has 2 N–H and O–H groups in total. The zero-order chi connectivity index (χ0) is 20.5. The van der Waals surface area contributed by atoms with Crippen LogP contribution in [0.4, 0.5) is 11.9 Å². The number of amides is 1. The summed E-state index contributed by atoms with van der Waals surface area (Å²) in [5, 5.41) is 5.79. The average molecular weight is 389 g/mol. The number of carbonyl (C=O) groups excluding carboxylic acids is 1. The highest BCUT2D eigenvalue weighted by Gasteiger charge is 2.12. The first kappa shape index (κ1) is 21.4. The van der Waals surface area contributed by atoms with E-state index in [2.05, 4.69) is 25.6 Å². The van der Waals surface area contributed by atoms with Crippen molar-refractivity contribution in [3.8, 4) is 11.5 Å². The molecule has 2 aromatic rings. The molecular formula is C19H27N5O4. The normalized spacial score (nSPS) is 11.6. The lowest BCUT2D eigenvalue weighted by Gasteiger charge is -2.18. The number of aryl methyl sites for hydroxylation is 1. The predicted octanol–water partition coefficient (Wildman–Crippen LogP) is 2.56. The Morgan fingerprint density at radius 1 is 1.07 bits per heavy atom. The standard InChI is InChI=1S/C19H27N5O4/c1-6-15(23-19-21-12(2)20-18(24-19)22-13(3)25)11-28-10-14-7-16(26-4)9-17(8-14)27-5/h7-9,15H,6,10-11H2,1-5H3,(H2,20,21,22,23,24,25). The fourth-order valence-electron chi connectivity index (χ4n) is 2.47. The molecule has 0 spiro atoms. The van der Waals surface area contributed by atoms with Gasteiger partial charge in [-0.15, -0.1) is 0 Å². The van der Waals surface area contributed by atoms with Gasteiger partial charge in [-0.25, -0.2) is 0 Å². The lowest BCUT2D eigenvalue weighted by molar-refractivity contribution is -0.114. The van der Waals surface area contributed by atoms with Crippen LogP contribution in [0.3, 0.4) is 0 Å². The minimum atomic E-state index is -0.236. The second kappa shape index (κ2) is 10.4. The summed E-state index contributed by atoms with van der Waals surface area (Å²) in [7, 11) is 3.23. The number of hydrogen-bond donors (Lipinski definition) is 2. The van der Waals surface area contributed by atoms with Gasteiger partial charge in [-0.1, -0.05) is 6.92 Å². The van der Waals surface area contributed by atoms with Crippen LogP contribution in [0, 0.1) is 6.92 Å². The Hall–Kier alpha value is -2.94. The second-order valence-corrected chi connectivity index (χ2v) is 6.20. The Labute approximate surface area is 164 Å². The van der Waals surface area contributed by atoms with Crippen molar-refractivity contribution in [2.75, 3.05) is 31.5 Å². The molecule has 1 aromatic carbocycles. The molecule has 0 radical (unpaired) electrons. The maximum absolute atomic E-state index is 11.2. The van der Waals surface area contributed by atoms with Gasteiger partial charge in [-0.2, -0.15) is 15.0 Å². The molecule has 1 atom stereocenters. The van der Waals surface area contributed by atoms with E-state index < -0.39 is 0 Å². The fourth-order valence-corrected chi connectivity index (χ4v) is 2.47. The van der Waals surface area contributed by atoms with Crippen LogP contribution in [0.1, 0.15) is 31.7 Å². The van der Waals surface area contributed by atoms with Gasteiger partial charge in [-0.3, -0.25) is 10.1 Å². The third-order valence-corrected chi connectivity index (χ3v) is 3.86. The molecule has 28 heavy (non-hydrogen) atoms. The van der Waals surface area contributed by atoms with Crippen molar-refractivity contribution in [1.29, 1.82) is 0 Å². The molecule has 1 amide bonds. The Balaban J connectivity index is 1.96. The molecular weight excluding hydrogens is 362 g/mol. The number of aromatic nitrogens is 3. The highest BCUT2D eigenvalue weighted by Crippen LogP contribution is 2.23. The monoisotopic (exact) mass is 389 g/mol. The van der Waals surface area contributed by atoms with Gasteiger partial charge in [-0.05, 0) is 31.0 Å². The number of benzene rings is 1. The topological polar surface area (TPSA) is 107 Å². The first-order chi connectivity index (χ1) is 13.4. The van der Waals surface area contributed by atoms with Gasteiger partial charge in [0.05, 0.1) is 33.5 Å². The zero-order valence-electron chi connectivity index (χ0n) is 16.9. The summed E-state index contributed by atoms with van der Waals surface area (Å²) in [6.07, 6.45) is 0.807. The molecule has 0 aliphatic carbocycles. The van der Waals surface area contributed by atoms with Crippen molar-refractivity contribution in [2.45, 2.75) is 39.8 Å². The number of hydrogen-bond acceptors (Lipinski definition) is 8. The summed E-state index contributed by atoms with van der Waals surface area (Å²) in [4.78, 5) is 23.8. The van der Waals surface area contributed by atoms with Crippen LogP contribution in [-0.2, 0) is 16.1 Å². The first-order valence-corrected chi connectivity index (χ1v) is 9.00. The van der Waals surface area contributed by atoms with Gasteiger partial charge in [0.15, 0.2) is 0 Å². The molecule has 1 aromatic heterocycles. The van der Waals surface area contributed by atoms with E-state index in [1.807, 2.05) is 25.1 Å². The summed E-state index contributed by atoms with van der Waals surface area (Å²) in [6.45, 7) is 6.06. The predicted molar refractivity (Wildman–Crippen MR) is 106 cm³/mol. The van der Waals surface area contributed by atoms with Crippen LogP contribution in [0.25, 0.3) is 0 Å². The number of methoxy groups -OCH3 is 2. The van der Waals surface area contributed by atoms with Crippen molar-refractivity contribution < 1.29 is 19.0 Å². The maximum atomic E-state index is 11.2. The van der Waals surface area contributed by atoms with Crippen LogP contribution >= 0.6 is 0 Å². The number of nitrogens with one attached hydrogen (secondary N) is 2. The zero-order valence-corrected chi connectivity index (χ0v) is 16.9. The second-order valence-electron chi connectivity index (χ2n) is 6.20. The third-order valence-electron chi connectivity index (χ3n) is 3.86. The smallest absolute Gasteiger partial charge is 0.234 e. The molecule has 0 fully saturated rings. The number of nitrogens with zero attached hydrogens (tertiary/aromatic N) is 3. The van der Waals surface area contributed by atoms with Crippen LogP contribution in [0.2, 0.25) is 0 Å². The van der Waals surface area contributed by atoms with E-state index in [0.29, 0.717) is 36.5 Å². The molecule has 0 saturated carbocycles. The third kappa shape index (κ3) is 6.66. The lowest BCUT2D eigenvalue weighted by atomic mass is 10.2. The summed E-state index contributed by atoms with van der Waals surface area (Å²) < 4.78 is 16.4. The van der Waals surface area contributed by atoms with E-state index in [1.165, 1.54) is 6.92 Å². The number of carbonyl (C=O) groups is 1. The Morgan fingerprint density at radius 3 is 2.29 bits per heavy atom. The highest BCUT2D eigenvalue weighted by atomic mass is 16.5. The number of ether oxygens (including phenoxy) is 3. The van der Waals surface area contributed by atoms with Crippen molar-refractivity contribution in [1.82, 2.24) is 15.0 Å². The summed E-state index contributed by atoms with van der Waals surface area (Å²) in [5.74, 6) is 2.33. The molecule has 9 nitrogen and oxygen atoms in total. The molecule has 1 unspecified atom stereocenters. The lowest BCUT2D eigenvalue weighted by Crippen LogP contribution is -2.26. The van der Waals surface area contributed by atoms with E-state index >= 15 is 0 Å². The molecule has 1 heterocycles. The van der Waals surface area contributed by atoms with Gasteiger partial charge < -0.3 is 19.5 Å². The fraction of sp³-hybridized carbons (Fsp3) is 0.474. The Morgan fingerprint density at radius 2 is 1.71 bits per heavy atom. The van der Waals surface area contributed by atoms with Crippen molar-refractivity contribution in [3.05, 3.63) is 29.6 Å². The molecule has 0 bridgehead atoms.